The number of aliphatic hydroxyl groups is 1. The molecule has 6 aromatic rings. The van der Waals surface area contributed by atoms with Gasteiger partial charge in [0.05, 0.1) is 98.1 Å². The van der Waals surface area contributed by atoms with Gasteiger partial charge in [-0.1, -0.05) is 55.9 Å². The number of hydrogen-bond donors (Lipinski definition) is 12. The van der Waals surface area contributed by atoms with E-state index < -0.39 is 267 Å². The van der Waals surface area contributed by atoms with E-state index in [-0.39, 0.29) is 104 Å². The van der Waals surface area contributed by atoms with Crippen LogP contribution in [0.5, 0.6) is 0 Å². The van der Waals surface area contributed by atoms with E-state index in [1.807, 2.05) is 0 Å². The van der Waals surface area contributed by atoms with Crippen molar-refractivity contribution in [1.82, 2.24) is 57.3 Å². The van der Waals surface area contributed by atoms with E-state index in [1.54, 1.807) is 13.8 Å². The Labute approximate surface area is 797 Å². The Morgan fingerprint density at radius 3 is 1.07 bits per heavy atom. The highest BCUT2D eigenvalue weighted by molar-refractivity contribution is 8.45. The number of nitrogens with two attached hydrogens (primary N) is 3. The number of aliphatic hydroxyl groups excluding tert-OH is 1. The molecule has 55 nitrogen and oxygen atoms in total. The predicted molar refractivity (Wildman–Crippen MR) is 487 cm³/mol. The largest absolute Gasteiger partial charge is 0.472 e. The van der Waals surface area contributed by atoms with Gasteiger partial charge in [0.2, 0.25) is 0 Å². The van der Waals surface area contributed by atoms with Crippen LogP contribution < -0.4 is 68.0 Å². The summed E-state index contributed by atoms with van der Waals surface area (Å²) in [6, 6.07) is 0. The van der Waals surface area contributed by atoms with E-state index in [0.29, 0.717) is 5.56 Å². The zero-order valence-corrected chi connectivity index (χ0v) is 83.2. The number of ether oxygens (including phenoxy) is 14. The van der Waals surface area contributed by atoms with Gasteiger partial charge in [0.1, 0.15) is 115 Å². The smallest absolute Gasteiger partial charge is 0.387 e. The lowest BCUT2D eigenvalue weighted by Crippen LogP contribution is -2.42. The first-order valence-corrected chi connectivity index (χ1v) is 54.3. The molecule has 11 N–H and O–H groups in total. The van der Waals surface area contributed by atoms with Crippen LogP contribution in [0.1, 0.15) is 96.9 Å². The van der Waals surface area contributed by atoms with Gasteiger partial charge in [-0.2, -0.15) is 15.0 Å². The summed E-state index contributed by atoms with van der Waals surface area (Å²) in [4.78, 5) is 150. The highest BCUT2D eigenvalue weighted by Crippen LogP contribution is 2.62. The minimum Gasteiger partial charge on any atom is -0.387 e. The molecular weight excluding hydrogens is 2010 g/mol. The van der Waals surface area contributed by atoms with Crippen LogP contribution >= 0.6 is 84.0 Å². The van der Waals surface area contributed by atoms with Crippen LogP contribution in [0.3, 0.4) is 0 Å². The number of nitrogens with zero attached hydrogens (tertiary/aromatic N) is 9. The number of methoxy groups -OCH3 is 4. The van der Waals surface area contributed by atoms with Gasteiger partial charge in [-0.15, -0.1) is 0 Å². The molecule has 137 heavy (non-hydrogen) atoms. The SMILES string of the molecule is CC[C@H]1O[C@@H](n2cc(C)c(N)nc2=O)CC1OP(=O)(S)OC[C@H]1O[C@@H](n2cc(C)c(=O)[nH]c2=O)CC1OP(=O)(S)OC[C@H]1O[C@@H](n2cc(C)c(=O)[nH]c2=O)[C@@H](OCCOC)C1OP(=O)(O)OC[C@H]1O[C@@H](n2cc(C)c(N)nc2=O)[C@@H](OCCOC)C1OP(=O)(S)OC[C@H]1O[C@@H](n2cc(C)c(N)nc2=O)[C@@H](OCCOC)C1OP(=O)(S)OC[C@H]1O[C@@H](n2cc(C)c(=O)[nH]c2=O)[C@@H](OCCOC)C1O. The Bertz CT molecular complexity index is 6100. The molecule has 6 aromatic heterocycles. The Morgan fingerprint density at radius 2 is 0.664 bits per heavy atom. The normalized spacial score (nSPS) is 29.5. The van der Waals surface area contributed by atoms with Crippen molar-refractivity contribution in [1.29, 1.82) is 0 Å². The molecule has 0 aliphatic carbocycles. The quantitative estimate of drug-likeness (QED) is 0.0146. The van der Waals surface area contributed by atoms with Crippen molar-refractivity contribution in [3.05, 3.63) is 165 Å². The summed E-state index contributed by atoms with van der Waals surface area (Å²) in [7, 11) is -0.590. The van der Waals surface area contributed by atoms with Gasteiger partial charge in [-0.3, -0.25) is 102 Å². The number of aromatic nitrogens is 12. The summed E-state index contributed by atoms with van der Waals surface area (Å²) < 4.78 is 224. The highest BCUT2D eigenvalue weighted by Gasteiger charge is 2.58. The number of phosphoric ester groups is 1. The molecule has 6 saturated heterocycles. The van der Waals surface area contributed by atoms with E-state index in [4.69, 9.17) is 129 Å². The van der Waals surface area contributed by atoms with Gasteiger partial charge in [0.15, 0.2) is 24.9 Å². The summed E-state index contributed by atoms with van der Waals surface area (Å²) in [5, 5.41) is 11.7. The van der Waals surface area contributed by atoms with E-state index in [2.05, 4.69) is 78.9 Å². The van der Waals surface area contributed by atoms with Crippen molar-refractivity contribution in [3.8, 4) is 0 Å². The summed E-state index contributed by atoms with van der Waals surface area (Å²) >= 11 is 17.3. The zero-order valence-electron chi connectivity index (χ0n) is 75.2. The van der Waals surface area contributed by atoms with E-state index in [0.717, 1.165) is 35.2 Å². The third kappa shape index (κ3) is 27.2. The van der Waals surface area contributed by atoms with Crippen molar-refractivity contribution in [2.75, 3.05) is 132 Å². The van der Waals surface area contributed by atoms with E-state index >= 15 is 13.7 Å². The number of nitrogens with one attached hydrogen (secondary N) is 3. The van der Waals surface area contributed by atoms with Crippen LogP contribution in [0.15, 0.2) is 80.3 Å². The van der Waals surface area contributed by atoms with Gasteiger partial charge < -0.3 is 93.5 Å². The fourth-order valence-electron chi connectivity index (χ4n) is 15.4. The van der Waals surface area contributed by atoms with Gasteiger partial charge in [0.25, 0.3) is 16.7 Å². The molecule has 6 fully saturated rings. The topological polar surface area (TPSA) is 695 Å². The first-order valence-electron chi connectivity index (χ1n) is 42.0. The van der Waals surface area contributed by atoms with Crippen LogP contribution in [0, 0.1) is 41.5 Å². The number of thiol groups is 4. The lowest BCUT2D eigenvalue weighted by molar-refractivity contribution is -0.0846. The molecule has 0 spiro atoms. The second-order valence-electron chi connectivity index (χ2n) is 32.0. The fraction of sp³-hybridized carbons (Fsp3) is 0.671. The van der Waals surface area contributed by atoms with Gasteiger partial charge >= 0.3 is 69.2 Å². The summed E-state index contributed by atoms with van der Waals surface area (Å²) in [6.45, 7) is -16.0. The van der Waals surface area contributed by atoms with Crippen LogP contribution in [0.25, 0.3) is 0 Å². The van der Waals surface area contributed by atoms with Gasteiger partial charge in [0, 0.05) is 112 Å². The van der Waals surface area contributed by atoms with Crippen LogP contribution in [0.2, 0.25) is 0 Å². The monoisotopic (exact) mass is 2120 g/mol. The molecule has 11 unspecified atom stereocenters. The minimum absolute atomic E-state index is 0.00505. The van der Waals surface area contributed by atoms with Crippen molar-refractivity contribution >= 4 is 101 Å². The average molecular weight is 2120 g/mol. The lowest BCUT2D eigenvalue weighted by Gasteiger charge is -2.29. The summed E-state index contributed by atoms with van der Waals surface area (Å²) in [6.07, 6.45) is -28.0. The molecule has 6 aliphatic rings. The maximum atomic E-state index is 15.5. The first-order chi connectivity index (χ1) is 64.7. The van der Waals surface area contributed by atoms with E-state index in [1.165, 1.54) is 92.4 Å². The molecule has 0 saturated carbocycles. The number of rotatable bonds is 48. The maximum Gasteiger partial charge on any atom is 0.472 e. The number of anilines is 3. The molecule has 0 amide bonds. The molecule has 0 bridgehead atoms. The Kier molecular flexibility index (Phi) is 37.5. The summed E-state index contributed by atoms with van der Waals surface area (Å²) in [5.41, 5.74) is 10.7. The number of aryl methyl sites for hydroxylation is 6. The third-order valence-corrected chi connectivity index (χ3v) is 29.8. The molecule has 0 radical (unpaired) electrons. The lowest BCUT2D eigenvalue weighted by atomic mass is 10.1. The third-order valence-electron chi connectivity index (χ3n) is 22.3. The van der Waals surface area contributed by atoms with Gasteiger partial charge in [-0.25, -0.2) is 51.6 Å². The van der Waals surface area contributed by atoms with Crippen LogP contribution in [-0.4, -0.2) is 279 Å². The van der Waals surface area contributed by atoms with Crippen LogP contribution in [-0.2, 0) is 134 Å². The second-order valence-corrected chi connectivity index (χ2v) is 44.9. The Hall–Kier alpha value is -6.41. The first kappa shape index (κ1) is 109. The van der Waals surface area contributed by atoms with Crippen molar-refractivity contribution < 1.29 is 144 Å². The average Bonchev–Trinajstić information content (AvgIpc) is 1.64. The standard InChI is InChI=1S/C73H108N15O40P5S4/c1-12-40-41(21-48(118-40)83-23-34(2)58(74)77-68(83)93)124-130(101,134)114-29-43-42(22-49(119-43)84-26-37(5)61(90)80-71(84)96)125-131(102,135)116-32-46-51(55(110-18-14-106-9)65(122-46)88-28-39(7)63(92)82-73(88)98)126-129(99,100)113-31-45-52(56(111-19-15-107-10)66(121-45)85-24-35(3)59(75)78-69(85)94)127-133(104,137)117-33-47-53(57(112-20-16-108-11)67(123-47)86-25-36(4)60(76)79-70(86)95)128-132(103,136)115-30-44-50(89)54(109-17-13-105-8)64(120-44)87-27-38(6)62(91)81-72(87)97/h23-28,40-57,64-67,89H,12-22,29-33H2,1-11H3,(H,99,100)(H,101,134)(H,102,135)(H,103,136)(H,104,137)(H2,74,77,93)(H2,75,78,94)(H2,76,79,95)(H,80,90,96)(H,81,91,97)(H,82,92,98)/t40-,41?,42?,43-,44-,45-,46-,47-,48-,49-,50?,51?,52?,53?,54+,55+,56+,57+,64-,65-,66-,67-,130?,131?,132?,133?/m1/s1. The Balaban J connectivity index is 0.824. The molecule has 6 aliphatic heterocycles. The molecule has 64 heteroatoms. The van der Waals surface area contributed by atoms with E-state index in [9.17, 15) is 62.3 Å². The molecular formula is C73H108N15O40P5S4. The second kappa shape index (κ2) is 47.0. The predicted octanol–water partition coefficient (Wildman–Crippen LogP) is 1.33. The molecule has 12 rings (SSSR count). The number of phosphoric acid groups is 1. The summed E-state index contributed by atoms with van der Waals surface area (Å²) in [5.74, 6) is -0.430. The molecule has 0 aromatic carbocycles. The van der Waals surface area contributed by atoms with Crippen molar-refractivity contribution in [2.24, 2.45) is 0 Å². The highest BCUT2D eigenvalue weighted by atomic mass is 32.7. The number of H-pyrrole nitrogens is 3. The fourth-order valence-corrected chi connectivity index (χ4v) is 22.3. The van der Waals surface area contributed by atoms with Gasteiger partial charge in [-0.05, 0) is 48.0 Å². The number of aromatic amines is 3. The van der Waals surface area contributed by atoms with Crippen LogP contribution in [0.4, 0.5) is 17.5 Å². The Morgan fingerprint density at radius 1 is 0.372 bits per heavy atom. The molecule has 27 atom stereocenters. The van der Waals surface area contributed by atoms with Crippen molar-refractivity contribution in [3.63, 3.8) is 0 Å². The van der Waals surface area contributed by atoms with Crippen molar-refractivity contribution in [2.45, 2.75) is 203 Å². The number of nitrogen functional groups attached to an aromatic ring is 3. The molecule has 12 heterocycles. The minimum atomic E-state index is -5.90. The molecule has 764 valence electrons. The number of hydrogen-bond acceptors (Lipinski definition) is 45. The maximum absolute atomic E-state index is 15.5. The zero-order chi connectivity index (χ0) is 99.8.